The van der Waals surface area contributed by atoms with Crippen LogP contribution in [0.15, 0.2) is 65.2 Å². The molecule has 0 fully saturated rings. The van der Waals surface area contributed by atoms with Crippen LogP contribution < -0.4 is 16.4 Å². The van der Waals surface area contributed by atoms with E-state index >= 15 is 0 Å². The number of nitrogen functional groups attached to an aromatic ring is 1. The van der Waals surface area contributed by atoms with E-state index in [4.69, 9.17) is 21.8 Å². The Kier molecular flexibility index (Phi) is 5.12. The second-order valence-electron chi connectivity index (χ2n) is 6.54. The molecule has 0 saturated heterocycles. The zero-order chi connectivity index (χ0) is 21.3. The fourth-order valence-corrected chi connectivity index (χ4v) is 3.21. The average Bonchev–Trinajstić information content (AvgIpc) is 3.09. The number of carbonyl (C=O) groups excluding carboxylic acids is 2. The Hall–Kier alpha value is -3.84. The second-order valence-corrected chi connectivity index (χ2v) is 6.97. The summed E-state index contributed by atoms with van der Waals surface area (Å²) in [5, 5.41) is 5.83. The van der Waals surface area contributed by atoms with Crippen molar-refractivity contribution in [3.8, 4) is 11.1 Å². The van der Waals surface area contributed by atoms with E-state index in [1.807, 2.05) is 12.1 Å². The first-order chi connectivity index (χ1) is 14.5. The number of carbonyl (C=O) groups is 2. The van der Waals surface area contributed by atoms with Crippen LogP contribution in [-0.2, 0) is 0 Å². The van der Waals surface area contributed by atoms with E-state index in [1.165, 1.54) is 7.05 Å². The lowest BCUT2D eigenvalue weighted by molar-refractivity contribution is 0.0938. The fourth-order valence-electron chi connectivity index (χ4n) is 3.02. The quantitative estimate of drug-likeness (QED) is 0.454. The molecule has 0 aliphatic carbocycles. The number of hydrogen-bond donors (Lipinski definition) is 3. The number of pyridine rings is 1. The van der Waals surface area contributed by atoms with Crippen LogP contribution in [-0.4, -0.2) is 23.8 Å². The Morgan fingerprint density at radius 2 is 1.80 bits per heavy atom. The number of furan rings is 1. The molecule has 0 aliphatic rings. The Morgan fingerprint density at radius 3 is 2.50 bits per heavy atom. The Labute approximate surface area is 176 Å². The van der Waals surface area contributed by atoms with Crippen molar-refractivity contribution < 1.29 is 14.0 Å². The molecule has 8 heteroatoms. The van der Waals surface area contributed by atoms with Crippen LogP contribution in [0.5, 0.6) is 0 Å². The van der Waals surface area contributed by atoms with Crippen LogP contribution >= 0.6 is 11.6 Å². The van der Waals surface area contributed by atoms with Crippen molar-refractivity contribution in [1.29, 1.82) is 0 Å². The summed E-state index contributed by atoms with van der Waals surface area (Å²) in [5.74, 6) is -0.626. The van der Waals surface area contributed by atoms with Crippen LogP contribution in [0, 0.1) is 0 Å². The number of rotatable bonds is 4. The number of nitrogens with two attached hydrogens (primary N) is 1. The predicted octanol–water partition coefficient (Wildman–Crippen LogP) is 4.34. The van der Waals surface area contributed by atoms with Crippen molar-refractivity contribution in [1.82, 2.24) is 10.3 Å². The van der Waals surface area contributed by atoms with Gasteiger partial charge in [0.2, 0.25) is 5.76 Å². The predicted molar refractivity (Wildman–Crippen MR) is 117 cm³/mol. The molecule has 0 radical (unpaired) electrons. The third-order valence-electron chi connectivity index (χ3n) is 4.56. The van der Waals surface area contributed by atoms with Gasteiger partial charge in [-0.05, 0) is 42.0 Å². The van der Waals surface area contributed by atoms with Crippen LogP contribution in [0.25, 0.3) is 22.2 Å². The van der Waals surface area contributed by atoms with Gasteiger partial charge in [0.05, 0.1) is 0 Å². The summed E-state index contributed by atoms with van der Waals surface area (Å²) in [5.41, 5.74) is 9.71. The highest BCUT2D eigenvalue weighted by atomic mass is 35.5. The van der Waals surface area contributed by atoms with E-state index < -0.39 is 5.91 Å². The molecule has 0 saturated carbocycles. The van der Waals surface area contributed by atoms with E-state index in [2.05, 4.69) is 15.6 Å². The van der Waals surface area contributed by atoms with Gasteiger partial charge < -0.3 is 20.8 Å². The standard InChI is InChI=1S/C22H17ClN4O3/c1-25-22(29)20-18(24)19-17(30-20)9-14(11-26-19)12-5-7-13(8-6-12)21(28)27-16-4-2-3-15(23)10-16/h2-11H,24H2,1H3,(H,25,29)(H,27,28). The fraction of sp³-hybridized carbons (Fsp3) is 0.0455. The number of anilines is 2. The number of amides is 2. The number of aromatic nitrogens is 1. The molecule has 2 amide bonds. The van der Waals surface area contributed by atoms with Gasteiger partial charge in [-0.3, -0.25) is 9.59 Å². The van der Waals surface area contributed by atoms with Crippen molar-refractivity contribution in [3.05, 3.63) is 77.1 Å². The topological polar surface area (TPSA) is 110 Å². The molecule has 4 aromatic rings. The number of halogens is 1. The van der Waals surface area contributed by atoms with E-state index in [1.54, 1.807) is 48.7 Å². The van der Waals surface area contributed by atoms with Gasteiger partial charge in [-0.2, -0.15) is 0 Å². The molecule has 4 N–H and O–H groups in total. The second kappa shape index (κ2) is 7.88. The number of hydrogen-bond acceptors (Lipinski definition) is 5. The monoisotopic (exact) mass is 420 g/mol. The van der Waals surface area contributed by atoms with E-state index in [-0.39, 0.29) is 17.4 Å². The molecule has 0 spiro atoms. The zero-order valence-corrected chi connectivity index (χ0v) is 16.7. The average molecular weight is 421 g/mol. The molecule has 2 aromatic carbocycles. The smallest absolute Gasteiger partial charge is 0.289 e. The lowest BCUT2D eigenvalue weighted by atomic mass is 10.0. The zero-order valence-electron chi connectivity index (χ0n) is 15.9. The molecule has 150 valence electrons. The molecule has 0 aliphatic heterocycles. The van der Waals surface area contributed by atoms with Gasteiger partial charge >= 0.3 is 0 Å². The normalized spacial score (nSPS) is 10.7. The summed E-state index contributed by atoms with van der Waals surface area (Å²) in [7, 11) is 1.50. The summed E-state index contributed by atoms with van der Waals surface area (Å²) in [4.78, 5) is 28.6. The third-order valence-corrected chi connectivity index (χ3v) is 4.80. The molecular formula is C22H17ClN4O3. The molecule has 2 aromatic heterocycles. The summed E-state index contributed by atoms with van der Waals surface area (Å²) in [6.07, 6.45) is 1.64. The lowest BCUT2D eigenvalue weighted by Crippen LogP contribution is -2.18. The van der Waals surface area contributed by atoms with E-state index in [0.29, 0.717) is 27.4 Å². The van der Waals surface area contributed by atoms with Crippen molar-refractivity contribution in [2.24, 2.45) is 0 Å². The van der Waals surface area contributed by atoms with Crippen molar-refractivity contribution in [3.63, 3.8) is 0 Å². The summed E-state index contributed by atoms with van der Waals surface area (Å²) < 4.78 is 5.58. The summed E-state index contributed by atoms with van der Waals surface area (Å²) in [6.45, 7) is 0. The van der Waals surface area contributed by atoms with Gasteiger partial charge in [-0.25, -0.2) is 4.98 Å². The van der Waals surface area contributed by atoms with Crippen LogP contribution in [0.3, 0.4) is 0 Å². The highest BCUT2D eigenvalue weighted by molar-refractivity contribution is 6.31. The van der Waals surface area contributed by atoms with E-state index in [9.17, 15) is 9.59 Å². The molecule has 2 heterocycles. The molecular weight excluding hydrogens is 404 g/mol. The van der Waals surface area contributed by atoms with Crippen molar-refractivity contribution in [2.75, 3.05) is 18.1 Å². The Bertz CT molecular complexity index is 1270. The maximum atomic E-state index is 12.4. The van der Waals surface area contributed by atoms with Crippen molar-refractivity contribution >= 4 is 45.9 Å². The minimum atomic E-state index is -0.415. The maximum Gasteiger partial charge on any atom is 0.289 e. The molecule has 30 heavy (non-hydrogen) atoms. The van der Waals surface area contributed by atoms with Gasteiger partial charge in [0, 0.05) is 35.1 Å². The van der Waals surface area contributed by atoms with Crippen molar-refractivity contribution in [2.45, 2.75) is 0 Å². The minimum Gasteiger partial charge on any atom is -0.447 e. The number of fused-ring (bicyclic) bond motifs is 1. The molecule has 4 rings (SSSR count). The maximum absolute atomic E-state index is 12.4. The first-order valence-corrected chi connectivity index (χ1v) is 9.41. The van der Waals surface area contributed by atoms with Gasteiger partial charge in [0.1, 0.15) is 11.2 Å². The Morgan fingerprint density at radius 1 is 1.03 bits per heavy atom. The number of nitrogens with one attached hydrogen (secondary N) is 2. The minimum absolute atomic E-state index is 0.0326. The first kappa shape index (κ1) is 19.5. The number of nitrogens with zero attached hydrogens (tertiary/aromatic N) is 1. The largest absolute Gasteiger partial charge is 0.447 e. The molecule has 7 nitrogen and oxygen atoms in total. The molecule has 0 atom stereocenters. The van der Waals surface area contributed by atoms with Crippen LogP contribution in [0.4, 0.5) is 11.4 Å². The molecule has 0 unspecified atom stereocenters. The first-order valence-electron chi connectivity index (χ1n) is 9.03. The van der Waals surface area contributed by atoms with Crippen LogP contribution in [0.2, 0.25) is 5.02 Å². The number of benzene rings is 2. The van der Waals surface area contributed by atoms with Gasteiger partial charge in [0.15, 0.2) is 5.58 Å². The summed E-state index contributed by atoms with van der Waals surface area (Å²) >= 11 is 5.95. The lowest BCUT2D eigenvalue weighted by Gasteiger charge is -2.07. The Balaban J connectivity index is 1.58. The molecule has 0 bridgehead atoms. The van der Waals surface area contributed by atoms with Gasteiger partial charge in [0.25, 0.3) is 11.8 Å². The SMILES string of the molecule is CNC(=O)c1oc2cc(-c3ccc(C(=O)Nc4cccc(Cl)c4)cc3)cnc2c1N. The highest BCUT2D eigenvalue weighted by Gasteiger charge is 2.19. The third kappa shape index (κ3) is 3.70. The van der Waals surface area contributed by atoms with Crippen LogP contribution in [0.1, 0.15) is 20.9 Å². The highest BCUT2D eigenvalue weighted by Crippen LogP contribution is 2.30. The van der Waals surface area contributed by atoms with E-state index in [0.717, 1.165) is 11.1 Å². The van der Waals surface area contributed by atoms with Gasteiger partial charge in [-0.15, -0.1) is 0 Å². The van der Waals surface area contributed by atoms with Gasteiger partial charge in [-0.1, -0.05) is 29.8 Å². The summed E-state index contributed by atoms with van der Waals surface area (Å²) in [6, 6.07) is 15.7.